The van der Waals surface area contributed by atoms with Crippen LogP contribution in [-0.4, -0.2) is 9.97 Å². The third-order valence-electron chi connectivity index (χ3n) is 2.87. The summed E-state index contributed by atoms with van der Waals surface area (Å²) in [6, 6.07) is 9.62. The van der Waals surface area contributed by atoms with Gasteiger partial charge in [0.2, 0.25) is 0 Å². The van der Waals surface area contributed by atoms with Gasteiger partial charge in [-0.3, -0.25) is 0 Å². The number of para-hydroxylation sites is 1. The Balaban J connectivity index is 2.36. The van der Waals surface area contributed by atoms with Gasteiger partial charge in [0.1, 0.15) is 5.82 Å². The number of H-pyrrole nitrogens is 1. The second-order valence-electron chi connectivity index (χ2n) is 3.91. The number of aromatic amines is 1. The third-order valence-corrected chi connectivity index (χ3v) is 2.87. The summed E-state index contributed by atoms with van der Waals surface area (Å²) in [5.41, 5.74) is 15.6. The van der Waals surface area contributed by atoms with Gasteiger partial charge in [0.05, 0.1) is 5.52 Å². The highest BCUT2D eigenvalue weighted by atomic mass is 14.8. The van der Waals surface area contributed by atoms with Gasteiger partial charge in [-0.05, 0) is 12.1 Å². The summed E-state index contributed by atoms with van der Waals surface area (Å²) in [6.45, 7) is 0. The van der Waals surface area contributed by atoms with Gasteiger partial charge in [0.25, 0.3) is 0 Å². The number of nitrogens with two attached hydrogens (primary N) is 2. The molecule has 0 aliphatic carbocycles. The summed E-state index contributed by atoms with van der Waals surface area (Å²) >= 11 is 0. The molecule has 0 saturated carbocycles. The molecule has 0 aliphatic rings. The van der Waals surface area contributed by atoms with Crippen LogP contribution in [0.5, 0.6) is 0 Å². The van der Waals surface area contributed by atoms with Crippen LogP contribution in [0.1, 0.15) is 0 Å². The van der Waals surface area contributed by atoms with E-state index in [0.717, 1.165) is 27.7 Å². The molecule has 0 atom stereocenters. The van der Waals surface area contributed by atoms with Crippen molar-refractivity contribution in [1.29, 1.82) is 0 Å². The minimum absolute atomic E-state index is 0.516. The summed E-state index contributed by atoms with van der Waals surface area (Å²) in [6.07, 6.45) is 3.60. The van der Waals surface area contributed by atoms with Crippen LogP contribution in [0.15, 0.2) is 42.7 Å². The Morgan fingerprint density at radius 3 is 2.65 bits per heavy atom. The highest BCUT2D eigenvalue weighted by molar-refractivity contribution is 6.03. The average Bonchev–Trinajstić information content (AvgIpc) is 2.75. The quantitative estimate of drug-likeness (QED) is 0.555. The van der Waals surface area contributed by atoms with Crippen LogP contribution in [0.3, 0.4) is 0 Å². The molecule has 0 radical (unpaired) electrons. The Labute approximate surface area is 98.3 Å². The largest absolute Gasteiger partial charge is 0.398 e. The monoisotopic (exact) mass is 224 g/mol. The molecule has 4 heteroatoms. The topological polar surface area (TPSA) is 80.7 Å². The molecule has 5 N–H and O–H groups in total. The van der Waals surface area contributed by atoms with Crippen LogP contribution in [0.4, 0.5) is 11.5 Å². The molecule has 3 aromatic rings. The predicted molar refractivity (Wildman–Crippen MR) is 70.4 cm³/mol. The molecule has 0 bridgehead atoms. The summed E-state index contributed by atoms with van der Waals surface area (Å²) < 4.78 is 0. The Kier molecular flexibility index (Phi) is 2.01. The third kappa shape index (κ3) is 1.42. The summed E-state index contributed by atoms with van der Waals surface area (Å²) in [5, 5.41) is 0.922. The number of hydrogen-bond donors (Lipinski definition) is 3. The van der Waals surface area contributed by atoms with Crippen molar-refractivity contribution in [3.63, 3.8) is 0 Å². The lowest BCUT2D eigenvalue weighted by Crippen LogP contribution is -1.92. The predicted octanol–water partition coefficient (Wildman–Crippen LogP) is 2.39. The van der Waals surface area contributed by atoms with E-state index in [1.165, 1.54) is 0 Å². The molecule has 2 heterocycles. The Morgan fingerprint density at radius 1 is 1.00 bits per heavy atom. The molecule has 4 nitrogen and oxygen atoms in total. The standard InChI is InChI=1S/C13H12N4/c14-10-4-2-1-3-8(10)9-7-17-11-5-6-16-13(15)12(9)11/h1-7,17H,14H2,(H2,15,16). The molecule has 84 valence electrons. The number of pyridine rings is 1. The van der Waals surface area contributed by atoms with E-state index in [4.69, 9.17) is 11.5 Å². The molecule has 0 spiro atoms. The van der Waals surface area contributed by atoms with E-state index in [1.807, 2.05) is 36.5 Å². The maximum absolute atomic E-state index is 5.98. The van der Waals surface area contributed by atoms with Crippen molar-refractivity contribution in [2.24, 2.45) is 0 Å². The number of nitrogen functional groups attached to an aromatic ring is 2. The molecule has 0 unspecified atom stereocenters. The van der Waals surface area contributed by atoms with E-state index < -0.39 is 0 Å². The van der Waals surface area contributed by atoms with Crippen molar-refractivity contribution in [1.82, 2.24) is 9.97 Å². The molecule has 3 rings (SSSR count). The number of hydrogen-bond acceptors (Lipinski definition) is 3. The molecule has 0 fully saturated rings. The normalized spacial score (nSPS) is 10.8. The smallest absolute Gasteiger partial charge is 0.133 e. The summed E-state index contributed by atoms with van der Waals surface area (Å²) in [5.74, 6) is 0.516. The van der Waals surface area contributed by atoms with Gasteiger partial charge in [0, 0.05) is 34.6 Å². The molecular formula is C13H12N4. The van der Waals surface area contributed by atoms with Crippen molar-refractivity contribution in [3.8, 4) is 11.1 Å². The Morgan fingerprint density at radius 2 is 1.82 bits per heavy atom. The SMILES string of the molecule is Nc1ccccc1-c1c[nH]c2ccnc(N)c12. The second-order valence-corrected chi connectivity index (χ2v) is 3.91. The number of fused-ring (bicyclic) bond motifs is 1. The zero-order valence-electron chi connectivity index (χ0n) is 9.14. The number of nitrogens with zero attached hydrogens (tertiary/aromatic N) is 1. The number of nitrogens with one attached hydrogen (secondary N) is 1. The fraction of sp³-hybridized carbons (Fsp3) is 0. The molecule has 17 heavy (non-hydrogen) atoms. The molecule has 0 aliphatic heterocycles. The molecule has 2 aromatic heterocycles. The van der Waals surface area contributed by atoms with Gasteiger partial charge < -0.3 is 16.5 Å². The fourth-order valence-electron chi connectivity index (χ4n) is 2.06. The van der Waals surface area contributed by atoms with Crippen molar-refractivity contribution in [2.75, 3.05) is 11.5 Å². The number of rotatable bonds is 1. The first-order chi connectivity index (χ1) is 8.27. The maximum atomic E-state index is 5.98. The second kappa shape index (κ2) is 3.52. The van der Waals surface area contributed by atoms with Crippen LogP contribution in [0.25, 0.3) is 22.0 Å². The number of benzene rings is 1. The Hall–Kier alpha value is -2.49. The average molecular weight is 224 g/mol. The molecular weight excluding hydrogens is 212 g/mol. The molecule has 0 saturated heterocycles. The number of anilines is 2. The summed E-state index contributed by atoms with van der Waals surface area (Å²) in [7, 11) is 0. The highest BCUT2D eigenvalue weighted by Gasteiger charge is 2.11. The summed E-state index contributed by atoms with van der Waals surface area (Å²) in [4.78, 5) is 7.29. The molecule has 0 amide bonds. The Bertz CT molecular complexity index is 685. The van der Waals surface area contributed by atoms with Crippen LogP contribution in [-0.2, 0) is 0 Å². The zero-order valence-corrected chi connectivity index (χ0v) is 9.14. The number of aromatic nitrogens is 2. The van der Waals surface area contributed by atoms with Gasteiger partial charge in [-0.2, -0.15) is 0 Å². The van der Waals surface area contributed by atoms with Crippen molar-refractivity contribution in [3.05, 3.63) is 42.7 Å². The minimum atomic E-state index is 0.516. The van der Waals surface area contributed by atoms with E-state index in [1.54, 1.807) is 6.20 Å². The van der Waals surface area contributed by atoms with E-state index >= 15 is 0 Å². The van der Waals surface area contributed by atoms with Gasteiger partial charge in [-0.1, -0.05) is 18.2 Å². The first-order valence-electron chi connectivity index (χ1n) is 5.34. The van der Waals surface area contributed by atoms with Gasteiger partial charge in [0.15, 0.2) is 0 Å². The van der Waals surface area contributed by atoms with E-state index in [0.29, 0.717) is 5.82 Å². The van der Waals surface area contributed by atoms with Gasteiger partial charge >= 0.3 is 0 Å². The first-order valence-corrected chi connectivity index (χ1v) is 5.34. The lowest BCUT2D eigenvalue weighted by molar-refractivity contribution is 1.36. The van der Waals surface area contributed by atoms with Crippen molar-refractivity contribution < 1.29 is 0 Å². The van der Waals surface area contributed by atoms with Gasteiger partial charge in [-0.25, -0.2) is 4.98 Å². The van der Waals surface area contributed by atoms with Crippen molar-refractivity contribution >= 4 is 22.4 Å². The lowest BCUT2D eigenvalue weighted by atomic mass is 10.0. The van der Waals surface area contributed by atoms with Crippen LogP contribution >= 0.6 is 0 Å². The van der Waals surface area contributed by atoms with Crippen molar-refractivity contribution in [2.45, 2.75) is 0 Å². The minimum Gasteiger partial charge on any atom is -0.398 e. The maximum Gasteiger partial charge on any atom is 0.133 e. The highest BCUT2D eigenvalue weighted by Crippen LogP contribution is 2.34. The first kappa shape index (κ1) is 9.72. The van der Waals surface area contributed by atoms with Crippen LogP contribution < -0.4 is 11.5 Å². The van der Waals surface area contributed by atoms with Gasteiger partial charge in [-0.15, -0.1) is 0 Å². The zero-order chi connectivity index (χ0) is 11.8. The lowest BCUT2D eigenvalue weighted by Gasteiger charge is -2.04. The van der Waals surface area contributed by atoms with E-state index in [-0.39, 0.29) is 0 Å². The molecule has 1 aromatic carbocycles. The van der Waals surface area contributed by atoms with Crippen LogP contribution in [0.2, 0.25) is 0 Å². The van der Waals surface area contributed by atoms with Crippen LogP contribution in [0, 0.1) is 0 Å². The van der Waals surface area contributed by atoms with E-state index in [2.05, 4.69) is 9.97 Å². The van der Waals surface area contributed by atoms with E-state index in [9.17, 15) is 0 Å². The fourth-order valence-corrected chi connectivity index (χ4v) is 2.06.